The summed E-state index contributed by atoms with van der Waals surface area (Å²) in [5, 5.41) is 0. The van der Waals surface area contributed by atoms with Gasteiger partial charge in [0.05, 0.1) is 11.5 Å². The van der Waals surface area contributed by atoms with Crippen molar-refractivity contribution in [3.05, 3.63) is 49.6 Å². The van der Waals surface area contributed by atoms with Crippen molar-refractivity contribution in [3.8, 4) is 5.75 Å². The summed E-state index contributed by atoms with van der Waals surface area (Å²) >= 11 is 4.98. The van der Waals surface area contributed by atoms with Crippen molar-refractivity contribution in [2.24, 2.45) is 0 Å². The Hall–Kier alpha value is -1.13. The molecule has 1 aromatic heterocycles. The van der Waals surface area contributed by atoms with Crippen molar-refractivity contribution < 1.29 is 9.53 Å². The van der Waals surface area contributed by atoms with Gasteiger partial charge in [-0.25, -0.2) is 0 Å². The predicted octanol–water partition coefficient (Wildman–Crippen LogP) is 4.76. The number of aryl methyl sites for hydroxylation is 2. The van der Waals surface area contributed by atoms with E-state index in [-0.39, 0.29) is 5.78 Å². The van der Waals surface area contributed by atoms with Gasteiger partial charge in [-0.05, 0) is 66.5 Å². The number of hydrogen-bond acceptors (Lipinski definition) is 3. The number of carbonyl (C=O) groups excluding carboxylic acids is 1. The Balaban J connectivity index is 2.33. The number of carbonyl (C=O) groups is 1. The molecule has 0 aliphatic carbocycles. The third-order valence-corrected chi connectivity index (χ3v) is 4.69. The molecule has 0 unspecified atom stereocenters. The molecule has 0 bridgehead atoms. The molecule has 100 valence electrons. The largest absolute Gasteiger partial charge is 0.494 e. The average Bonchev–Trinajstić information content (AvgIpc) is 2.69. The first-order chi connectivity index (χ1) is 9.02. The maximum Gasteiger partial charge on any atom is 0.204 e. The van der Waals surface area contributed by atoms with Crippen molar-refractivity contribution in [2.45, 2.75) is 20.8 Å². The van der Waals surface area contributed by atoms with Gasteiger partial charge in [0.15, 0.2) is 0 Å². The predicted molar refractivity (Wildman–Crippen MR) is 82.5 cm³/mol. The minimum absolute atomic E-state index is 0.0520. The van der Waals surface area contributed by atoms with Gasteiger partial charge < -0.3 is 4.74 Å². The van der Waals surface area contributed by atoms with Gasteiger partial charge in [-0.3, -0.25) is 4.79 Å². The fourth-order valence-electron chi connectivity index (χ4n) is 1.75. The van der Waals surface area contributed by atoms with E-state index in [9.17, 15) is 4.79 Å². The van der Waals surface area contributed by atoms with Crippen LogP contribution in [-0.2, 0) is 0 Å². The van der Waals surface area contributed by atoms with Crippen LogP contribution in [0.2, 0.25) is 0 Å². The maximum absolute atomic E-state index is 12.4. The molecule has 0 amide bonds. The molecule has 0 atom stereocenters. The topological polar surface area (TPSA) is 26.3 Å². The number of ether oxygens (including phenoxy) is 1. The molecule has 0 fully saturated rings. The highest BCUT2D eigenvalue weighted by atomic mass is 79.9. The summed E-state index contributed by atoms with van der Waals surface area (Å²) in [7, 11) is 0. The van der Waals surface area contributed by atoms with Gasteiger partial charge in [0.2, 0.25) is 5.78 Å². The van der Waals surface area contributed by atoms with Crippen LogP contribution < -0.4 is 4.74 Å². The van der Waals surface area contributed by atoms with Gasteiger partial charge in [0.25, 0.3) is 0 Å². The van der Waals surface area contributed by atoms with Crippen molar-refractivity contribution in [2.75, 3.05) is 6.61 Å². The molecular formula is C15H15BrO2S. The van der Waals surface area contributed by atoms with Crippen LogP contribution >= 0.6 is 27.3 Å². The first-order valence-electron chi connectivity index (χ1n) is 6.07. The lowest BCUT2D eigenvalue weighted by atomic mass is 10.1. The standard InChI is InChI=1S/C15H15BrO2S/c1-4-18-11-5-6-12(13(16)8-11)15(17)14-7-9(2)10(3)19-14/h5-8H,4H2,1-3H3. The average molecular weight is 339 g/mol. The number of hydrogen-bond donors (Lipinski definition) is 0. The van der Waals surface area contributed by atoms with E-state index in [0.717, 1.165) is 20.7 Å². The van der Waals surface area contributed by atoms with Gasteiger partial charge in [0.1, 0.15) is 5.75 Å². The molecule has 0 N–H and O–H groups in total. The first kappa shape index (κ1) is 14.3. The molecule has 0 spiro atoms. The fourth-order valence-corrected chi connectivity index (χ4v) is 3.28. The molecule has 0 saturated carbocycles. The second kappa shape index (κ2) is 5.88. The molecule has 1 heterocycles. The Bertz CT molecular complexity index is 597. The van der Waals surface area contributed by atoms with Gasteiger partial charge in [0, 0.05) is 14.9 Å². The molecule has 0 aliphatic heterocycles. The van der Waals surface area contributed by atoms with Gasteiger partial charge in [-0.15, -0.1) is 11.3 Å². The third-order valence-electron chi connectivity index (χ3n) is 2.89. The van der Waals surface area contributed by atoms with Crippen LogP contribution in [0.15, 0.2) is 28.7 Å². The van der Waals surface area contributed by atoms with Crippen LogP contribution in [0.25, 0.3) is 0 Å². The van der Waals surface area contributed by atoms with E-state index in [1.54, 1.807) is 0 Å². The second-order valence-corrected chi connectivity index (χ2v) is 6.36. The molecule has 2 rings (SSSR count). The van der Waals surface area contributed by atoms with Crippen molar-refractivity contribution >= 4 is 33.0 Å². The summed E-state index contributed by atoms with van der Waals surface area (Å²) in [5.41, 5.74) is 1.83. The third kappa shape index (κ3) is 3.07. The Morgan fingerprint density at radius 2 is 2.05 bits per heavy atom. The zero-order valence-corrected chi connectivity index (χ0v) is 13.5. The first-order valence-corrected chi connectivity index (χ1v) is 7.68. The highest BCUT2D eigenvalue weighted by Crippen LogP contribution is 2.28. The van der Waals surface area contributed by atoms with Crippen molar-refractivity contribution in [1.82, 2.24) is 0 Å². The summed E-state index contributed by atoms with van der Waals surface area (Å²) in [4.78, 5) is 14.4. The van der Waals surface area contributed by atoms with Crippen LogP contribution in [0.4, 0.5) is 0 Å². The SMILES string of the molecule is CCOc1ccc(C(=O)c2cc(C)c(C)s2)c(Br)c1. The van der Waals surface area contributed by atoms with E-state index >= 15 is 0 Å². The van der Waals surface area contributed by atoms with E-state index in [2.05, 4.69) is 15.9 Å². The zero-order chi connectivity index (χ0) is 14.0. The molecule has 2 aromatic rings. The van der Waals surface area contributed by atoms with E-state index in [4.69, 9.17) is 4.74 Å². The molecule has 0 saturated heterocycles. The van der Waals surface area contributed by atoms with E-state index in [0.29, 0.717) is 12.2 Å². The van der Waals surface area contributed by atoms with Gasteiger partial charge in [-0.1, -0.05) is 0 Å². The zero-order valence-electron chi connectivity index (χ0n) is 11.1. The summed E-state index contributed by atoms with van der Waals surface area (Å²) in [6, 6.07) is 7.42. The minimum Gasteiger partial charge on any atom is -0.494 e. The van der Waals surface area contributed by atoms with Gasteiger partial charge >= 0.3 is 0 Å². The van der Waals surface area contributed by atoms with Crippen LogP contribution in [0.1, 0.15) is 32.6 Å². The molecule has 2 nitrogen and oxygen atoms in total. The maximum atomic E-state index is 12.4. The fraction of sp³-hybridized carbons (Fsp3) is 0.267. The van der Waals surface area contributed by atoms with Crippen molar-refractivity contribution in [3.63, 3.8) is 0 Å². The smallest absolute Gasteiger partial charge is 0.204 e. The number of benzene rings is 1. The van der Waals surface area contributed by atoms with Crippen LogP contribution in [0.3, 0.4) is 0 Å². The molecule has 0 aliphatic rings. The summed E-state index contributed by atoms with van der Waals surface area (Å²) in [6.45, 7) is 6.60. The van der Waals surface area contributed by atoms with Gasteiger partial charge in [-0.2, -0.15) is 0 Å². The summed E-state index contributed by atoms with van der Waals surface area (Å²) in [5.74, 6) is 0.820. The highest BCUT2D eigenvalue weighted by Gasteiger charge is 2.16. The lowest BCUT2D eigenvalue weighted by Crippen LogP contribution is -2.00. The summed E-state index contributed by atoms with van der Waals surface area (Å²) < 4.78 is 6.18. The van der Waals surface area contributed by atoms with Crippen molar-refractivity contribution in [1.29, 1.82) is 0 Å². The Morgan fingerprint density at radius 1 is 1.32 bits per heavy atom. The summed E-state index contributed by atoms with van der Waals surface area (Å²) in [6.07, 6.45) is 0. The number of halogens is 1. The number of rotatable bonds is 4. The van der Waals surface area contributed by atoms with Crippen LogP contribution in [0, 0.1) is 13.8 Å². The second-order valence-electron chi connectivity index (χ2n) is 4.25. The molecule has 19 heavy (non-hydrogen) atoms. The Kier molecular flexibility index (Phi) is 4.42. The number of thiophene rings is 1. The Labute approximate surface area is 125 Å². The monoisotopic (exact) mass is 338 g/mol. The molecule has 4 heteroatoms. The minimum atomic E-state index is 0.0520. The van der Waals surface area contributed by atoms with E-state index in [1.165, 1.54) is 16.2 Å². The lowest BCUT2D eigenvalue weighted by molar-refractivity contribution is 0.104. The normalized spacial score (nSPS) is 10.5. The van der Waals surface area contributed by atoms with Crippen LogP contribution in [0.5, 0.6) is 5.75 Å². The quantitative estimate of drug-likeness (QED) is 0.751. The van der Waals surface area contributed by atoms with E-state index in [1.807, 2.05) is 45.0 Å². The van der Waals surface area contributed by atoms with Crippen LogP contribution in [-0.4, -0.2) is 12.4 Å². The molecular weight excluding hydrogens is 324 g/mol. The highest BCUT2D eigenvalue weighted by molar-refractivity contribution is 9.10. The van der Waals surface area contributed by atoms with E-state index < -0.39 is 0 Å². The number of ketones is 1. The molecule has 1 aromatic carbocycles. The lowest BCUT2D eigenvalue weighted by Gasteiger charge is -2.06. The Morgan fingerprint density at radius 3 is 2.58 bits per heavy atom. The molecule has 0 radical (unpaired) electrons.